The average Bonchev–Trinajstić information content (AvgIpc) is 2.43. The second-order valence-electron chi connectivity index (χ2n) is 4.17. The Balaban J connectivity index is 2.97. The quantitative estimate of drug-likeness (QED) is 0.863. The van der Waals surface area contributed by atoms with E-state index in [0.29, 0.717) is 17.8 Å². The van der Waals surface area contributed by atoms with E-state index in [1.165, 1.54) is 11.4 Å². The summed E-state index contributed by atoms with van der Waals surface area (Å²) in [6.45, 7) is 4.16. The highest BCUT2D eigenvalue weighted by atomic mass is 32.2. The second-order valence-corrected chi connectivity index (χ2v) is 6.46. The van der Waals surface area contributed by atoms with Gasteiger partial charge in [0.1, 0.15) is 0 Å². The molecule has 0 aliphatic carbocycles. The summed E-state index contributed by atoms with van der Waals surface area (Å²) in [5, 5.41) is 2.76. The SMILES string of the molecule is CCCNC(=O)c1cccc(N(C)S(=O)(=O)CC)c1. The van der Waals surface area contributed by atoms with Gasteiger partial charge in [0.15, 0.2) is 0 Å². The van der Waals surface area contributed by atoms with Crippen molar-refractivity contribution < 1.29 is 13.2 Å². The van der Waals surface area contributed by atoms with Gasteiger partial charge in [-0.15, -0.1) is 0 Å². The van der Waals surface area contributed by atoms with Crippen LogP contribution in [-0.2, 0) is 10.0 Å². The van der Waals surface area contributed by atoms with Gasteiger partial charge < -0.3 is 5.32 Å². The van der Waals surface area contributed by atoms with Crippen molar-refractivity contribution in [3.05, 3.63) is 29.8 Å². The van der Waals surface area contributed by atoms with Crippen LogP contribution in [0.25, 0.3) is 0 Å². The zero-order chi connectivity index (χ0) is 14.5. The van der Waals surface area contributed by atoms with Crippen LogP contribution in [0, 0.1) is 0 Å². The average molecular weight is 284 g/mol. The van der Waals surface area contributed by atoms with Gasteiger partial charge in [0.05, 0.1) is 11.4 Å². The lowest BCUT2D eigenvalue weighted by Gasteiger charge is -2.19. The molecule has 0 saturated heterocycles. The Morgan fingerprint density at radius 1 is 1.32 bits per heavy atom. The summed E-state index contributed by atoms with van der Waals surface area (Å²) in [5.41, 5.74) is 0.954. The Kier molecular flexibility index (Phi) is 5.35. The van der Waals surface area contributed by atoms with Gasteiger partial charge in [0, 0.05) is 19.2 Å². The number of anilines is 1. The lowest BCUT2D eigenvalue weighted by Crippen LogP contribution is -2.29. The van der Waals surface area contributed by atoms with E-state index in [4.69, 9.17) is 0 Å². The number of hydrogen-bond acceptors (Lipinski definition) is 3. The van der Waals surface area contributed by atoms with Crippen LogP contribution in [0.15, 0.2) is 24.3 Å². The minimum absolute atomic E-state index is 0.0236. The van der Waals surface area contributed by atoms with Crippen LogP contribution < -0.4 is 9.62 Å². The van der Waals surface area contributed by atoms with Gasteiger partial charge in [-0.1, -0.05) is 13.0 Å². The molecule has 1 aromatic carbocycles. The lowest BCUT2D eigenvalue weighted by atomic mass is 10.2. The molecule has 0 saturated carbocycles. The van der Waals surface area contributed by atoms with Gasteiger partial charge in [0.25, 0.3) is 5.91 Å². The number of amides is 1. The molecule has 0 aliphatic rings. The lowest BCUT2D eigenvalue weighted by molar-refractivity contribution is 0.0953. The summed E-state index contributed by atoms with van der Waals surface area (Å²) in [6.07, 6.45) is 0.857. The van der Waals surface area contributed by atoms with Crippen molar-refractivity contribution in [2.24, 2.45) is 0 Å². The molecule has 0 fully saturated rings. The Morgan fingerprint density at radius 3 is 2.58 bits per heavy atom. The summed E-state index contributed by atoms with van der Waals surface area (Å²) in [4.78, 5) is 11.8. The van der Waals surface area contributed by atoms with Crippen LogP contribution in [0.5, 0.6) is 0 Å². The van der Waals surface area contributed by atoms with E-state index < -0.39 is 10.0 Å². The van der Waals surface area contributed by atoms with Crippen molar-refractivity contribution in [1.82, 2.24) is 5.32 Å². The number of benzene rings is 1. The van der Waals surface area contributed by atoms with E-state index >= 15 is 0 Å². The molecule has 1 N–H and O–H groups in total. The number of hydrogen-bond donors (Lipinski definition) is 1. The van der Waals surface area contributed by atoms with Gasteiger partial charge in [0.2, 0.25) is 10.0 Å². The number of carbonyl (C=O) groups is 1. The van der Waals surface area contributed by atoms with E-state index in [-0.39, 0.29) is 11.7 Å². The molecule has 0 heterocycles. The molecular weight excluding hydrogens is 264 g/mol. The zero-order valence-electron chi connectivity index (χ0n) is 11.5. The third-order valence-electron chi connectivity index (χ3n) is 2.79. The topological polar surface area (TPSA) is 66.5 Å². The number of nitrogens with zero attached hydrogens (tertiary/aromatic N) is 1. The fourth-order valence-electron chi connectivity index (χ4n) is 1.54. The fourth-order valence-corrected chi connectivity index (χ4v) is 2.36. The van der Waals surface area contributed by atoms with Crippen LogP contribution in [0.2, 0.25) is 0 Å². The first-order valence-electron chi connectivity index (χ1n) is 6.27. The van der Waals surface area contributed by atoms with E-state index in [0.717, 1.165) is 6.42 Å². The highest BCUT2D eigenvalue weighted by molar-refractivity contribution is 7.92. The highest BCUT2D eigenvalue weighted by Crippen LogP contribution is 2.18. The van der Waals surface area contributed by atoms with Crippen LogP contribution >= 0.6 is 0 Å². The van der Waals surface area contributed by atoms with E-state index in [9.17, 15) is 13.2 Å². The van der Waals surface area contributed by atoms with Gasteiger partial charge in [-0.05, 0) is 31.5 Å². The number of sulfonamides is 1. The first-order chi connectivity index (χ1) is 8.92. The predicted octanol–water partition coefficient (Wildman–Crippen LogP) is 1.61. The minimum Gasteiger partial charge on any atom is -0.352 e. The molecule has 1 rings (SSSR count). The maximum absolute atomic E-state index is 11.8. The van der Waals surface area contributed by atoms with Crippen molar-refractivity contribution in [2.75, 3.05) is 23.7 Å². The van der Waals surface area contributed by atoms with Crippen molar-refractivity contribution in [2.45, 2.75) is 20.3 Å². The number of rotatable bonds is 6. The van der Waals surface area contributed by atoms with Crippen molar-refractivity contribution in [3.8, 4) is 0 Å². The van der Waals surface area contributed by atoms with Crippen molar-refractivity contribution in [3.63, 3.8) is 0 Å². The number of nitrogens with one attached hydrogen (secondary N) is 1. The fraction of sp³-hybridized carbons (Fsp3) is 0.462. The van der Waals surface area contributed by atoms with Gasteiger partial charge in [-0.25, -0.2) is 8.42 Å². The Hall–Kier alpha value is -1.56. The molecule has 0 bridgehead atoms. The van der Waals surface area contributed by atoms with Crippen molar-refractivity contribution in [1.29, 1.82) is 0 Å². The number of carbonyl (C=O) groups excluding carboxylic acids is 1. The van der Waals surface area contributed by atoms with E-state index in [1.807, 2.05) is 6.92 Å². The summed E-state index contributed by atoms with van der Waals surface area (Å²) in [6, 6.07) is 6.60. The highest BCUT2D eigenvalue weighted by Gasteiger charge is 2.16. The maximum Gasteiger partial charge on any atom is 0.251 e. The second kappa shape index (κ2) is 6.56. The Labute approximate surface area is 114 Å². The predicted molar refractivity (Wildman–Crippen MR) is 76.9 cm³/mol. The largest absolute Gasteiger partial charge is 0.352 e. The first-order valence-corrected chi connectivity index (χ1v) is 7.88. The molecule has 0 unspecified atom stereocenters. The van der Waals surface area contributed by atoms with Crippen LogP contribution in [0.3, 0.4) is 0 Å². The molecule has 6 heteroatoms. The zero-order valence-corrected chi connectivity index (χ0v) is 12.3. The van der Waals surface area contributed by atoms with E-state index in [1.54, 1.807) is 31.2 Å². The molecule has 1 aromatic rings. The molecule has 1 amide bonds. The smallest absolute Gasteiger partial charge is 0.251 e. The van der Waals surface area contributed by atoms with Gasteiger partial charge in [-0.2, -0.15) is 0 Å². The Bertz CT molecular complexity index is 541. The normalized spacial score (nSPS) is 11.1. The summed E-state index contributed by atoms with van der Waals surface area (Å²) in [7, 11) is -1.82. The van der Waals surface area contributed by atoms with Gasteiger partial charge in [-0.3, -0.25) is 9.10 Å². The monoisotopic (exact) mass is 284 g/mol. The minimum atomic E-state index is -3.31. The molecule has 5 nitrogen and oxygen atoms in total. The molecule has 19 heavy (non-hydrogen) atoms. The summed E-state index contributed by atoms with van der Waals surface area (Å²) >= 11 is 0. The first kappa shape index (κ1) is 15.5. The summed E-state index contributed by atoms with van der Waals surface area (Å²) in [5.74, 6) is -0.165. The molecule has 0 aromatic heterocycles. The summed E-state index contributed by atoms with van der Waals surface area (Å²) < 4.78 is 24.8. The van der Waals surface area contributed by atoms with E-state index in [2.05, 4.69) is 5.32 Å². The third kappa shape index (κ3) is 3.96. The van der Waals surface area contributed by atoms with Crippen molar-refractivity contribution >= 4 is 21.6 Å². The molecule has 106 valence electrons. The molecular formula is C13H20N2O3S. The maximum atomic E-state index is 11.8. The van der Waals surface area contributed by atoms with Crippen LogP contribution in [0.4, 0.5) is 5.69 Å². The van der Waals surface area contributed by atoms with Crippen LogP contribution in [-0.4, -0.2) is 33.7 Å². The Morgan fingerprint density at radius 2 is 2.00 bits per heavy atom. The third-order valence-corrected chi connectivity index (χ3v) is 4.56. The van der Waals surface area contributed by atoms with Crippen LogP contribution in [0.1, 0.15) is 30.6 Å². The molecule has 0 radical (unpaired) electrons. The standard InChI is InChI=1S/C13H20N2O3S/c1-4-9-14-13(16)11-7-6-8-12(10-11)15(3)19(17,18)5-2/h6-8,10H,4-5,9H2,1-3H3,(H,14,16). The molecule has 0 atom stereocenters. The molecule has 0 aliphatic heterocycles. The molecule has 0 spiro atoms. The van der Waals surface area contributed by atoms with Gasteiger partial charge >= 0.3 is 0 Å².